The summed E-state index contributed by atoms with van der Waals surface area (Å²) in [5, 5.41) is 0. The molecule has 4 rings (SSSR count). The minimum atomic E-state index is 0.626. The van der Waals surface area contributed by atoms with E-state index < -0.39 is 0 Å². The van der Waals surface area contributed by atoms with Crippen molar-refractivity contribution in [3.8, 4) is 5.75 Å². The van der Waals surface area contributed by atoms with Crippen LogP contribution >= 0.6 is 0 Å². The van der Waals surface area contributed by atoms with Gasteiger partial charge in [0, 0.05) is 31.7 Å². The molecule has 3 nitrogen and oxygen atoms in total. The van der Waals surface area contributed by atoms with Gasteiger partial charge in [0.15, 0.2) is 0 Å². The fourth-order valence-corrected chi connectivity index (χ4v) is 4.31. The SMILES string of the molecule is CC1C2CCCN2CCN1Cc1cccc(OCc2ccccc2)c1. The summed E-state index contributed by atoms with van der Waals surface area (Å²) in [6.07, 6.45) is 2.73. The number of rotatable bonds is 5. The molecule has 0 bridgehead atoms. The molecule has 0 radical (unpaired) electrons. The third-order valence-corrected chi connectivity index (χ3v) is 5.75. The van der Waals surface area contributed by atoms with Crippen LogP contribution in [0.1, 0.15) is 30.9 Å². The Morgan fingerprint density at radius 1 is 0.960 bits per heavy atom. The Hall–Kier alpha value is -1.84. The van der Waals surface area contributed by atoms with E-state index in [1.807, 2.05) is 6.07 Å². The molecule has 0 aliphatic carbocycles. The number of piperazine rings is 1. The first kappa shape index (κ1) is 16.6. The van der Waals surface area contributed by atoms with Crippen LogP contribution in [0, 0.1) is 0 Å². The smallest absolute Gasteiger partial charge is 0.120 e. The van der Waals surface area contributed by atoms with Gasteiger partial charge in [0.05, 0.1) is 0 Å². The zero-order valence-corrected chi connectivity index (χ0v) is 15.1. The second-order valence-corrected chi connectivity index (χ2v) is 7.38. The van der Waals surface area contributed by atoms with E-state index in [-0.39, 0.29) is 0 Å². The molecular weight excluding hydrogens is 308 g/mol. The van der Waals surface area contributed by atoms with Crippen molar-refractivity contribution in [2.75, 3.05) is 19.6 Å². The highest BCUT2D eigenvalue weighted by Gasteiger charge is 2.36. The van der Waals surface area contributed by atoms with Crippen molar-refractivity contribution in [3.63, 3.8) is 0 Å². The van der Waals surface area contributed by atoms with E-state index in [4.69, 9.17) is 4.74 Å². The van der Waals surface area contributed by atoms with Crippen molar-refractivity contribution in [2.24, 2.45) is 0 Å². The molecule has 2 aromatic rings. The largest absolute Gasteiger partial charge is 0.489 e. The molecule has 0 saturated carbocycles. The first-order valence-corrected chi connectivity index (χ1v) is 9.53. The fourth-order valence-electron chi connectivity index (χ4n) is 4.31. The second-order valence-electron chi connectivity index (χ2n) is 7.38. The second kappa shape index (κ2) is 7.59. The molecule has 0 amide bonds. The van der Waals surface area contributed by atoms with Crippen molar-refractivity contribution >= 4 is 0 Å². The molecule has 3 heteroatoms. The zero-order valence-electron chi connectivity index (χ0n) is 15.1. The maximum atomic E-state index is 5.99. The predicted octanol–water partition coefficient (Wildman–Crippen LogP) is 3.93. The average Bonchev–Trinajstić information content (AvgIpc) is 3.13. The van der Waals surface area contributed by atoms with Crippen LogP contribution in [-0.2, 0) is 13.2 Å². The lowest BCUT2D eigenvalue weighted by atomic mass is 10.0. The molecule has 0 aromatic heterocycles. The highest BCUT2D eigenvalue weighted by Crippen LogP contribution is 2.28. The number of fused-ring (bicyclic) bond motifs is 1. The summed E-state index contributed by atoms with van der Waals surface area (Å²) in [6.45, 7) is 7.74. The monoisotopic (exact) mass is 336 g/mol. The van der Waals surface area contributed by atoms with Gasteiger partial charge in [-0.25, -0.2) is 0 Å². The van der Waals surface area contributed by atoms with Gasteiger partial charge < -0.3 is 4.74 Å². The lowest BCUT2D eigenvalue weighted by molar-refractivity contribution is 0.0470. The van der Waals surface area contributed by atoms with Crippen molar-refractivity contribution in [2.45, 2.75) is 45.0 Å². The van der Waals surface area contributed by atoms with Crippen molar-refractivity contribution in [1.29, 1.82) is 0 Å². The molecule has 2 aliphatic heterocycles. The number of hydrogen-bond acceptors (Lipinski definition) is 3. The van der Waals surface area contributed by atoms with Gasteiger partial charge in [-0.3, -0.25) is 9.80 Å². The Morgan fingerprint density at radius 2 is 1.80 bits per heavy atom. The Labute approximate surface area is 151 Å². The predicted molar refractivity (Wildman–Crippen MR) is 102 cm³/mol. The van der Waals surface area contributed by atoms with E-state index in [1.54, 1.807) is 0 Å². The molecule has 2 unspecified atom stereocenters. The van der Waals surface area contributed by atoms with E-state index in [2.05, 4.69) is 65.3 Å². The molecule has 0 spiro atoms. The Bertz CT molecular complexity index is 687. The van der Waals surface area contributed by atoms with E-state index >= 15 is 0 Å². The van der Waals surface area contributed by atoms with Gasteiger partial charge in [0.1, 0.15) is 12.4 Å². The molecule has 25 heavy (non-hydrogen) atoms. The van der Waals surface area contributed by atoms with Crippen molar-refractivity contribution in [1.82, 2.24) is 9.80 Å². The molecule has 2 fully saturated rings. The Morgan fingerprint density at radius 3 is 2.68 bits per heavy atom. The number of nitrogens with zero attached hydrogens (tertiary/aromatic N) is 2. The van der Waals surface area contributed by atoms with E-state index in [1.165, 1.54) is 43.6 Å². The summed E-state index contributed by atoms with van der Waals surface area (Å²) in [5.74, 6) is 0.966. The summed E-state index contributed by atoms with van der Waals surface area (Å²) >= 11 is 0. The van der Waals surface area contributed by atoms with E-state index in [0.29, 0.717) is 12.6 Å². The maximum absolute atomic E-state index is 5.99. The molecule has 2 atom stereocenters. The van der Waals surface area contributed by atoms with Crippen LogP contribution in [0.15, 0.2) is 54.6 Å². The molecule has 2 heterocycles. The molecule has 2 aliphatic rings. The third kappa shape index (κ3) is 3.88. The molecule has 132 valence electrons. The summed E-state index contributed by atoms with van der Waals surface area (Å²) < 4.78 is 5.99. The van der Waals surface area contributed by atoms with Crippen molar-refractivity contribution < 1.29 is 4.74 Å². The standard InChI is InChI=1S/C22H28N2O/c1-18-22-11-6-12-23(22)13-14-24(18)16-20-9-5-10-21(15-20)25-17-19-7-3-2-4-8-19/h2-5,7-10,15,18,22H,6,11-14,16-17H2,1H3. The normalized spacial score (nSPS) is 24.2. The van der Waals surface area contributed by atoms with Gasteiger partial charge in [0.25, 0.3) is 0 Å². The molecule has 2 aromatic carbocycles. The van der Waals surface area contributed by atoms with Gasteiger partial charge in [-0.1, -0.05) is 42.5 Å². The Kier molecular flexibility index (Phi) is 5.04. The minimum absolute atomic E-state index is 0.626. The lowest BCUT2D eigenvalue weighted by Gasteiger charge is -2.43. The van der Waals surface area contributed by atoms with Gasteiger partial charge >= 0.3 is 0 Å². The summed E-state index contributed by atoms with van der Waals surface area (Å²) in [4.78, 5) is 5.32. The van der Waals surface area contributed by atoms with Gasteiger partial charge in [-0.15, -0.1) is 0 Å². The quantitative estimate of drug-likeness (QED) is 0.823. The molecule has 2 saturated heterocycles. The topological polar surface area (TPSA) is 15.7 Å². The van der Waals surface area contributed by atoms with Crippen LogP contribution < -0.4 is 4.74 Å². The van der Waals surface area contributed by atoms with Gasteiger partial charge in [-0.05, 0) is 49.6 Å². The highest BCUT2D eigenvalue weighted by atomic mass is 16.5. The zero-order chi connectivity index (χ0) is 17.1. The van der Waals surface area contributed by atoms with E-state index in [9.17, 15) is 0 Å². The average molecular weight is 336 g/mol. The summed E-state index contributed by atoms with van der Waals surface area (Å²) in [6, 6.07) is 20.4. The molecule has 0 N–H and O–H groups in total. The van der Waals surface area contributed by atoms with Crippen LogP contribution in [0.5, 0.6) is 5.75 Å². The van der Waals surface area contributed by atoms with Crippen LogP contribution in [-0.4, -0.2) is 41.5 Å². The lowest BCUT2D eigenvalue weighted by Crippen LogP contribution is -2.55. The maximum Gasteiger partial charge on any atom is 0.120 e. The first-order chi connectivity index (χ1) is 12.3. The van der Waals surface area contributed by atoms with Crippen LogP contribution in [0.2, 0.25) is 0 Å². The minimum Gasteiger partial charge on any atom is -0.489 e. The first-order valence-electron chi connectivity index (χ1n) is 9.53. The molecular formula is C22H28N2O. The van der Waals surface area contributed by atoms with Crippen LogP contribution in [0.3, 0.4) is 0 Å². The van der Waals surface area contributed by atoms with Crippen molar-refractivity contribution in [3.05, 3.63) is 65.7 Å². The number of ether oxygens (including phenoxy) is 1. The summed E-state index contributed by atoms with van der Waals surface area (Å²) in [7, 11) is 0. The van der Waals surface area contributed by atoms with Gasteiger partial charge in [0.2, 0.25) is 0 Å². The van der Waals surface area contributed by atoms with E-state index in [0.717, 1.165) is 18.3 Å². The third-order valence-electron chi connectivity index (χ3n) is 5.75. The number of hydrogen-bond donors (Lipinski definition) is 0. The highest BCUT2D eigenvalue weighted by molar-refractivity contribution is 5.29. The Balaban J connectivity index is 1.38. The van der Waals surface area contributed by atoms with Crippen LogP contribution in [0.4, 0.5) is 0 Å². The van der Waals surface area contributed by atoms with Crippen LogP contribution in [0.25, 0.3) is 0 Å². The fraction of sp³-hybridized carbons (Fsp3) is 0.455. The summed E-state index contributed by atoms with van der Waals surface area (Å²) in [5.41, 5.74) is 2.56. The number of benzene rings is 2. The van der Waals surface area contributed by atoms with Gasteiger partial charge in [-0.2, -0.15) is 0 Å².